The van der Waals surface area contributed by atoms with Crippen molar-refractivity contribution in [3.05, 3.63) is 326 Å². The largest absolute Gasteiger partial charge is 0.493 e. The van der Waals surface area contributed by atoms with Gasteiger partial charge in [0.15, 0.2) is 52.9 Å². The molecule has 0 saturated heterocycles. The van der Waals surface area contributed by atoms with Gasteiger partial charge in [-0.05, 0) is 169 Å². The first-order valence-electron chi connectivity index (χ1n) is 42.2. The van der Waals surface area contributed by atoms with Crippen LogP contribution in [0.15, 0.2) is 303 Å². The molecule has 14 aromatic carbocycles. The van der Waals surface area contributed by atoms with E-state index in [4.69, 9.17) is 33.2 Å². The first-order chi connectivity index (χ1) is 60.0. The Morgan fingerprint density at radius 2 is 0.577 bits per heavy atom. The Labute approximate surface area is 719 Å². The highest BCUT2D eigenvalue weighted by molar-refractivity contribution is 7.98. The number of ether oxygens (including phenoxy) is 7. The van der Waals surface area contributed by atoms with E-state index >= 15 is 0 Å². The van der Waals surface area contributed by atoms with Gasteiger partial charge in [-0.25, -0.2) is 0 Å². The second-order valence-corrected chi connectivity index (χ2v) is 43.8. The van der Waals surface area contributed by atoms with Crippen LogP contribution in [-0.2, 0) is 40.4 Å². The maximum absolute atomic E-state index is 6.58. The summed E-state index contributed by atoms with van der Waals surface area (Å²) in [4.78, 5) is 1.21. The Morgan fingerprint density at radius 3 is 0.992 bits per heavy atom. The van der Waals surface area contributed by atoms with Gasteiger partial charge in [0.25, 0.3) is 40.4 Å². The number of aryl methyl sites for hydroxylation is 5. The van der Waals surface area contributed by atoms with Crippen molar-refractivity contribution in [1.29, 1.82) is 0 Å². The molecule has 0 bridgehead atoms. The van der Waals surface area contributed by atoms with Crippen LogP contribution in [0, 0.1) is 34.6 Å². The van der Waals surface area contributed by atoms with Crippen LogP contribution in [0.25, 0.3) is 130 Å². The smallest absolute Gasteiger partial charge is 0.292 e. The first-order valence-corrected chi connectivity index (χ1v) is 49.4. The number of methoxy groups -OCH3 is 1. The van der Waals surface area contributed by atoms with Gasteiger partial charge in [-0.2, -0.15) is 27.4 Å². The molecule has 0 radical (unpaired) electrons. The number of nitrogens with zero attached hydrogens (tertiary/aromatic N) is 6. The molecule has 0 amide bonds. The van der Waals surface area contributed by atoms with Crippen molar-refractivity contribution >= 4 is 179 Å². The quantitative estimate of drug-likeness (QED) is 0.0535. The lowest BCUT2D eigenvalue weighted by molar-refractivity contribution is -0.707. The molecule has 6 aliphatic rings. The number of aromatic nitrogens is 6. The highest BCUT2D eigenvalue weighted by Gasteiger charge is 2.41. The van der Waals surface area contributed by atoms with Crippen molar-refractivity contribution in [1.82, 2.24) is 0 Å². The van der Waals surface area contributed by atoms with Crippen LogP contribution < -0.4 is 81.3 Å². The Morgan fingerprint density at radius 1 is 0.276 bits per heavy atom. The van der Waals surface area contributed by atoms with Crippen LogP contribution in [0.5, 0.6) is 40.2 Å². The monoisotopic (exact) mass is 1660 g/mol. The topological polar surface area (TPSA) is 87.9 Å². The zero-order chi connectivity index (χ0) is 83.7. The molecule has 0 aliphatic carbocycles. The van der Waals surface area contributed by atoms with E-state index in [2.05, 4.69) is 374 Å². The molecule has 12 heterocycles. The lowest BCUT2D eigenvalue weighted by Crippen LogP contribution is -2.65. The Hall–Kier alpha value is -13.5. The lowest BCUT2D eigenvalue weighted by Gasteiger charge is -2.32. The second-order valence-electron chi connectivity index (χ2n) is 34.0. The van der Waals surface area contributed by atoms with E-state index in [1.165, 1.54) is 179 Å². The van der Waals surface area contributed by atoms with Crippen molar-refractivity contribution in [2.24, 2.45) is 0 Å². The summed E-state index contributed by atoms with van der Waals surface area (Å²) >= 11 is 1.74. The van der Waals surface area contributed by atoms with E-state index in [1.807, 2.05) is 18.3 Å². The van der Waals surface area contributed by atoms with Gasteiger partial charge >= 0.3 is 0 Å². The van der Waals surface area contributed by atoms with Crippen molar-refractivity contribution in [2.45, 2.75) is 106 Å². The Balaban J connectivity index is 0.0000000919. The number of benzene rings is 14. The summed E-state index contributed by atoms with van der Waals surface area (Å²) in [5.41, 5.74) is 13.8. The van der Waals surface area contributed by atoms with Crippen LogP contribution in [0.1, 0.15) is 28.2 Å². The highest BCUT2D eigenvalue weighted by Crippen LogP contribution is 2.45. The van der Waals surface area contributed by atoms with Gasteiger partial charge in [-0.1, -0.05) is 184 Å². The Kier molecular flexibility index (Phi) is 19.1. The number of pyridine rings is 6. The molecule has 0 atom stereocenters. The number of hydrogen-bond acceptors (Lipinski definition) is 8. The normalized spacial score (nSPS) is 13.2. The van der Waals surface area contributed by atoms with Crippen LogP contribution in [0.2, 0.25) is 26.2 Å². The summed E-state index contributed by atoms with van der Waals surface area (Å²) in [6, 6.07) is 100. The van der Waals surface area contributed by atoms with Gasteiger partial charge in [0.2, 0.25) is 33.1 Å². The van der Waals surface area contributed by atoms with Gasteiger partial charge in [0.05, 0.1) is 47.0 Å². The van der Waals surface area contributed by atoms with Gasteiger partial charge in [-0.15, -0.1) is 11.8 Å². The van der Waals surface area contributed by atoms with Crippen LogP contribution in [0.3, 0.4) is 0 Å². The molecule has 6 aromatic heterocycles. The third kappa shape index (κ3) is 12.8. The fraction of sp³-hybridized carbons (Fsp3) is 0.159. The molecule has 0 spiro atoms. The number of hydrogen-bond donors (Lipinski definition) is 0. The van der Waals surface area contributed by atoms with E-state index in [1.54, 1.807) is 18.9 Å². The van der Waals surface area contributed by atoms with Gasteiger partial charge in [0, 0.05) is 89.5 Å². The predicted molar refractivity (Wildman–Crippen MR) is 502 cm³/mol. The standard InChI is InChI=1S/C28H24NOSi.C17H18NOSi.2C16H14NO.C15H12NO2.C15H12NOS/c1-20-13-14-22-16-15-21-17-18-25(28-26(21)27(22)29(20)19-30-28)31(2,23-9-5-3-6-10-23)24-11-7-4-8-12-24;1-20(2,3)14-9-8-12-6-7-13-5-4-10-18-11-19-17(14)15(12)16(13)18;2*1-10-3-5-12-7-8-13-6-4-11(2)17-9-18-16(10)14(12)15(13)17;1-17-12-7-6-10-4-5-11-3-2-8-16-9-18-15(12)13(10)14(11)16;1-18-12-7-6-10-4-5-11-3-2-8-16-9-17-15(12)13(10)14(11)16/h3-18H,19H2,1-2H3;4-10H,11H2,1-3H3;2*3-8H,9H2,1-2H3;2*2-8H,9H2,1H3/q6*+1. The van der Waals surface area contributed by atoms with Crippen molar-refractivity contribution in [2.75, 3.05) is 13.4 Å². The molecule has 6 aliphatic heterocycles. The van der Waals surface area contributed by atoms with E-state index in [-0.39, 0.29) is 0 Å². The van der Waals surface area contributed by atoms with E-state index in [0.29, 0.717) is 40.4 Å². The summed E-state index contributed by atoms with van der Waals surface area (Å²) < 4.78 is 55.2. The predicted octanol–water partition coefficient (Wildman–Crippen LogP) is 19.7. The van der Waals surface area contributed by atoms with Crippen LogP contribution in [0.4, 0.5) is 0 Å². The molecule has 20 aromatic rings. The Bertz CT molecular complexity index is 7370. The van der Waals surface area contributed by atoms with Gasteiger partial charge in [-0.3, -0.25) is 0 Å². The molecule has 26 rings (SSSR count). The molecule has 602 valence electrons. The minimum absolute atomic E-state index is 0.532. The fourth-order valence-corrected chi connectivity index (χ4v) is 25.1. The van der Waals surface area contributed by atoms with Gasteiger partial charge < -0.3 is 33.2 Å². The third-order valence-corrected chi connectivity index (χ3v) is 33.0. The summed E-state index contributed by atoms with van der Waals surface area (Å²) in [5, 5.41) is 28.0. The average molecular weight is 1660 g/mol. The molecule has 0 unspecified atom stereocenters. The summed E-state index contributed by atoms with van der Waals surface area (Å²) in [5.74, 6) is 6.97. The van der Waals surface area contributed by atoms with Crippen molar-refractivity contribution in [3.63, 3.8) is 0 Å². The van der Waals surface area contributed by atoms with E-state index in [0.717, 1.165) is 45.6 Å². The first kappa shape index (κ1) is 76.9. The zero-order valence-electron chi connectivity index (χ0n) is 71.0. The summed E-state index contributed by atoms with van der Waals surface area (Å²) in [7, 11) is -2.00. The SMILES string of the molecule is COc1ccc2ccc3ccc[n+]4c3c2c1OC4.CSc1ccc2ccc3ccc[n+]4c3c2c1OC4.C[Si](C)(C)c1ccc2ccc3ccc[n+]4c3c2c1OC4.Cc1ccc2ccc3ccc(C)[n+]4c3c2c1OC4.Cc1ccc2ccc3ccc(C)[n+]4c3c2c1OC4.Cc1ccc2ccc3ccc([Si](C)(c4ccccc4)c4ccccc4)c4c3c2[n+]1CO4. The minimum atomic E-state index is -2.27. The van der Waals surface area contributed by atoms with Crippen LogP contribution in [-0.4, -0.2) is 29.5 Å². The zero-order valence-corrected chi connectivity index (χ0v) is 73.8. The molecule has 13 nitrogen and oxygen atoms in total. The second kappa shape index (κ2) is 30.6. The number of rotatable bonds is 6. The number of thioether (sulfide) groups is 1. The molecule has 0 saturated carbocycles. The molecule has 16 heteroatoms. The summed E-state index contributed by atoms with van der Waals surface area (Å²) in [6.45, 7) is 23.7. The molecule has 123 heavy (non-hydrogen) atoms. The lowest BCUT2D eigenvalue weighted by atomic mass is 10.0. The minimum Gasteiger partial charge on any atom is -0.493 e. The molecule has 0 N–H and O–H groups in total. The molecule has 0 fully saturated rings. The van der Waals surface area contributed by atoms with Crippen molar-refractivity contribution in [3.8, 4) is 40.2 Å². The maximum Gasteiger partial charge on any atom is 0.292 e. The van der Waals surface area contributed by atoms with E-state index < -0.39 is 16.1 Å². The molecular weight excluding hydrogens is 1570 g/mol. The third-order valence-electron chi connectivity index (χ3n) is 25.8. The summed E-state index contributed by atoms with van der Waals surface area (Å²) in [6.07, 6.45) is 8.32. The molecular formula is C107H94N6O7SSi2+6. The average Bonchev–Trinajstić information content (AvgIpc) is 0.771. The van der Waals surface area contributed by atoms with Crippen molar-refractivity contribution < 1.29 is 60.6 Å². The van der Waals surface area contributed by atoms with Crippen LogP contribution >= 0.6 is 11.8 Å². The fourth-order valence-electron chi connectivity index (χ4n) is 19.4. The highest BCUT2D eigenvalue weighted by atomic mass is 32.2. The van der Waals surface area contributed by atoms with E-state index in [9.17, 15) is 0 Å². The maximum atomic E-state index is 6.58. The van der Waals surface area contributed by atoms with Gasteiger partial charge in [0.1, 0.15) is 36.5 Å².